The van der Waals surface area contributed by atoms with Gasteiger partial charge in [0.05, 0.1) is 30.5 Å². The van der Waals surface area contributed by atoms with E-state index in [-0.39, 0.29) is 24.9 Å². The van der Waals surface area contributed by atoms with Gasteiger partial charge in [-0.1, -0.05) is 0 Å². The van der Waals surface area contributed by atoms with E-state index in [1.165, 1.54) is 6.33 Å². The summed E-state index contributed by atoms with van der Waals surface area (Å²) in [5, 5.41) is 1.79. The Morgan fingerprint density at radius 2 is 1.92 bits per heavy atom. The zero-order chi connectivity index (χ0) is 26.4. The van der Waals surface area contributed by atoms with Crippen LogP contribution in [0.5, 0.6) is 11.5 Å². The third-order valence-corrected chi connectivity index (χ3v) is 6.58. The van der Waals surface area contributed by atoms with Crippen molar-refractivity contribution in [2.45, 2.75) is 44.2 Å². The average Bonchev–Trinajstić information content (AvgIpc) is 3.56. The normalized spacial score (nSPS) is 24.3. The van der Waals surface area contributed by atoms with Gasteiger partial charge in [0.1, 0.15) is 48.4 Å². The second kappa shape index (κ2) is 9.50. The van der Waals surface area contributed by atoms with Crippen molar-refractivity contribution in [3.8, 4) is 11.5 Å². The van der Waals surface area contributed by atoms with Gasteiger partial charge in [-0.2, -0.15) is 0 Å². The Hall–Kier alpha value is -3.80. The Balaban J connectivity index is 1.25. The van der Waals surface area contributed by atoms with Crippen molar-refractivity contribution >= 4 is 34.1 Å². The van der Waals surface area contributed by atoms with Gasteiger partial charge in [-0.15, -0.1) is 0 Å². The van der Waals surface area contributed by atoms with Crippen molar-refractivity contribution in [3.05, 3.63) is 49.1 Å². The third kappa shape index (κ3) is 4.53. The maximum absolute atomic E-state index is 6.50. The first-order chi connectivity index (χ1) is 18.3. The largest absolute Gasteiger partial charge is 0.495 e. The van der Waals surface area contributed by atoms with Crippen LogP contribution in [0.1, 0.15) is 20.1 Å². The number of aromatic nitrogens is 4. The van der Waals surface area contributed by atoms with Crippen LogP contribution in [0, 0.1) is 0 Å². The molecule has 198 valence electrons. The van der Waals surface area contributed by atoms with E-state index in [0.29, 0.717) is 23.0 Å². The number of rotatable bonds is 7. The molecule has 11 nitrogen and oxygen atoms in total. The molecule has 0 radical (unpaired) electrons. The SMILES string of the molecule is COc1cnc2cc(OC[C@H]3O[C@@H](n4ccc5c(N=CN(C)C)ncnc54)[C@@H]4OC(C)(C)O[C@@H]43)ccc2c1. The van der Waals surface area contributed by atoms with E-state index in [1.807, 2.05) is 73.9 Å². The minimum atomic E-state index is -0.749. The molecule has 2 aliphatic rings. The fourth-order valence-corrected chi connectivity index (χ4v) is 4.91. The van der Waals surface area contributed by atoms with Crippen LogP contribution in [0.15, 0.2) is 54.0 Å². The number of aliphatic imine (C=N–C) groups is 1. The van der Waals surface area contributed by atoms with Crippen molar-refractivity contribution in [1.29, 1.82) is 0 Å². The van der Waals surface area contributed by atoms with Crippen molar-refractivity contribution in [1.82, 2.24) is 24.4 Å². The lowest BCUT2D eigenvalue weighted by atomic mass is 10.1. The minimum absolute atomic E-state index is 0.283. The Labute approximate surface area is 220 Å². The topological polar surface area (TPSA) is 105 Å². The maximum Gasteiger partial charge on any atom is 0.166 e. The number of nitrogens with zero attached hydrogens (tertiary/aromatic N) is 6. The predicted molar refractivity (Wildman–Crippen MR) is 141 cm³/mol. The molecule has 0 bridgehead atoms. The zero-order valence-corrected chi connectivity index (χ0v) is 21.9. The van der Waals surface area contributed by atoms with Gasteiger partial charge in [0.25, 0.3) is 0 Å². The van der Waals surface area contributed by atoms with Gasteiger partial charge in [-0.05, 0) is 38.1 Å². The highest BCUT2D eigenvalue weighted by Gasteiger charge is 2.56. The summed E-state index contributed by atoms with van der Waals surface area (Å²) in [4.78, 5) is 19.7. The van der Waals surface area contributed by atoms with Gasteiger partial charge in [0, 0.05) is 31.7 Å². The molecular formula is C27H30N6O5. The quantitative estimate of drug-likeness (QED) is 0.267. The van der Waals surface area contributed by atoms with Crippen LogP contribution >= 0.6 is 0 Å². The lowest BCUT2D eigenvalue weighted by Gasteiger charge is -2.25. The van der Waals surface area contributed by atoms with Crippen LogP contribution < -0.4 is 9.47 Å². The number of benzene rings is 1. The standard InChI is InChI=1S/C27H30N6O5/c1-27(2)37-22-21(13-35-17-7-6-16-10-18(34-5)12-28-20(16)11-17)36-26(23(22)38-27)33-9-8-19-24(31-15-32(3)4)29-14-30-25(19)33/h6-12,14-15,21-23,26H,13H2,1-5H3/t21-,22-,23-,26-/m1/s1. The van der Waals surface area contributed by atoms with Gasteiger partial charge in [0.2, 0.25) is 0 Å². The summed E-state index contributed by atoms with van der Waals surface area (Å²) in [6.07, 6.45) is 5.35. The van der Waals surface area contributed by atoms with Crippen molar-refractivity contribution in [2.75, 3.05) is 27.8 Å². The fraction of sp³-hybridized carbons (Fsp3) is 0.407. The van der Waals surface area contributed by atoms with E-state index < -0.39 is 12.0 Å². The third-order valence-electron chi connectivity index (χ3n) is 6.58. The number of fused-ring (bicyclic) bond motifs is 3. The summed E-state index contributed by atoms with van der Waals surface area (Å²) < 4.78 is 32.5. The van der Waals surface area contributed by atoms with Crippen molar-refractivity contribution < 1.29 is 23.7 Å². The Kier molecular flexibility index (Phi) is 6.13. The van der Waals surface area contributed by atoms with Gasteiger partial charge >= 0.3 is 0 Å². The van der Waals surface area contributed by atoms with Gasteiger partial charge in [-0.25, -0.2) is 15.0 Å². The number of methoxy groups -OCH3 is 1. The molecule has 3 aromatic heterocycles. The summed E-state index contributed by atoms with van der Waals surface area (Å²) in [7, 11) is 5.44. The fourth-order valence-electron chi connectivity index (χ4n) is 4.91. The molecule has 38 heavy (non-hydrogen) atoms. The molecule has 0 spiro atoms. The molecule has 2 saturated heterocycles. The number of hydrogen-bond donors (Lipinski definition) is 0. The summed E-state index contributed by atoms with van der Waals surface area (Å²) in [5.41, 5.74) is 1.53. The van der Waals surface area contributed by atoms with Crippen LogP contribution in [0.4, 0.5) is 5.82 Å². The second-order valence-corrected chi connectivity index (χ2v) is 10.0. The summed E-state index contributed by atoms with van der Waals surface area (Å²) in [5.74, 6) is 1.24. The maximum atomic E-state index is 6.50. The minimum Gasteiger partial charge on any atom is -0.495 e. The molecule has 2 aliphatic heterocycles. The van der Waals surface area contributed by atoms with Crippen LogP contribution in [-0.4, -0.2) is 82.7 Å². The highest BCUT2D eigenvalue weighted by atomic mass is 16.8. The van der Waals surface area contributed by atoms with Crippen molar-refractivity contribution in [2.24, 2.45) is 4.99 Å². The van der Waals surface area contributed by atoms with E-state index in [9.17, 15) is 0 Å². The number of ether oxygens (including phenoxy) is 5. The lowest BCUT2D eigenvalue weighted by Crippen LogP contribution is -2.33. The number of pyridine rings is 1. The van der Waals surface area contributed by atoms with E-state index in [2.05, 4.69) is 19.9 Å². The Morgan fingerprint density at radius 1 is 1.08 bits per heavy atom. The first-order valence-corrected chi connectivity index (χ1v) is 12.4. The predicted octanol–water partition coefficient (Wildman–Crippen LogP) is 3.71. The molecule has 11 heteroatoms. The number of hydrogen-bond acceptors (Lipinski definition) is 9. The average molecular weight is 519 g/mol. The van der Waals surface area contributed by atoms with Crippen LogP contribution in [0.3, 0.4) is 0 Å². The highest BCUT2D eigenvalue weighted by molar-refractivity contribution is 5.87. The van der Waals surface area contributed by atoms with Gasteiger partial charge in [-0.3, -0.25) is 4.98 Å². The molecule has 5 heterocycles. The summed E-state index contributed by atoms with van der Waals surface area (Å²) >= 11 is 0. The molecule has 0 N–H and O–H groups in total. The van der Waals surface area contributed by atoms with Crippen LogP contribution in [0.25, 0.3) is 21.9 Å². The van der Waals surface area contributed by atoms with Gasteiger partial charge < -0.3 is 33.2 Å². The molecule has 4 aromatic rings. The molecule has 2 fully saturated rings. The smallest absolute Gasteiger partial charge is 0.166 e. The van der Waals surface area contributed by atoms with Crippen LogP contribution in [0.2, 0.25) is 0 Å². The Morgan fingerprint density at radius 3 is 2.74 bits per heavy atom. The van der Waals surface area contributed by atoms with Crippen molar-refractivity contribution in [3.63, 3.8) is 0 Å². The highest BCUT2D eigenvalue weighted by Crippen LogP contribution is 2.44. The Bertz CT molecular complexity index is 1500. The zero-order valence-electron chi connectivity index (χ0n) is 21.9. The van der Waals surface area contributed by atoms with E-state index in [1.54, 1.807) is 19.6 Å². The summed E-state index contributed by atoms with van der Waals surface area (Å²) in [6.45, 7) is 4.10. The molecule has 1 aromatic carbocycles. The molecule has 0 unspecified atom stereocenters. The molecule has 0 aliphatic carbocycles. The van der Waals surface area contributed by atoms with Gasteiger partial charge in [0.15, 0.2) is 17.8 Å². The summed E-state index contributed by atoms with van der Waals surface area (Å²) in [6, 6.07) is 9.66. The molecule has 6 rings (SSSR count). The van der Waals surface area contributed by atoms with Crippen LogP contribution in [-0.2, 0) is 14.2 Å². The molecule has 0 saturated carbocycles. The molecule has 4 atom stereocenters. The lowest BCUT2D eigenvalue weighted by molar-refractivity contribution is -0.198. The first-order valence-electron chi connectivity index (χ1n) is 12.4. The monoisotopic (exact) mass is 518 g/mol. The molecular weight excluding hydrogens is 488 g/mol. The second-order valence-electron chi connectivity index (χ2n) is 10.0. The van der Waals surface area contributed by atoms with E-state index >= 15 is 0 Å². The van der Waals surface area contributed by atoms with E-state index in [4.69, 9.17) is 23.7 Å². The van der Waals surface area contributed by atoms with E-state index in [0.717, 1.165) is 16.3 Å². The molecule has 0 amide bonds. The first kappa shape index (κ1) is 24.5.